The van der Waals surface area contributed by atoms with Crippen molar-refractivity contribution in [3.63, 3.8) is 0 Å². The Morgan fingerprint density at radius 2 is 1.71 bits per heavy atom. The Hall–Kier alpha value is -2.53. The summed E-state index contributed by atoms with van der Waals surface area (Å²) in [7, 11) is 0. The SMILES string of the molecule is C[C@@H](OC(=O)c1ccc2ccccc2n1)C(=O)c1ccc(Br)cc1. The van der Waals surface area contributed by atoms with Gasteiger partial charge in [-0.3, -0.25) is 4.79 Å². The van der Waals surface area contributed by atoms with Crippen molar-refractivity contribution < 1.29 is 14.3 Å². The van der Waals surface area contributed by atoms with Crippen molar-refractivity contribution in [3.8, 4) is 0 Å². The summed E-state index contributed by atoms with van der Waals surface area (Å²) in [5.74, 6) is -0.865. The number of hydrogen-bond donors (Lipinski definition) is 0. The number of benzene rings is 2. The molecular weight excluding hydrogens is 370 g/mol. The third kappa shape index (κ3) is 3.51. The molecule has 0 unspecified atom stereocenters. The van der Waals surface area contributed by atoms with E-state index >= 15 is 0 Å². The minimum absolute atomic E-state index is 0.184. The number of hydrogen-bond acceptors (Lipinski definition) is 4. The summed E-state index contributed by atoms with van der Waals surface area (Å²) in [4.78, 5) is 28.8. The van der Waals surface area contributed by atoms with Crippen molar-refractivity contribution in [3.05, 3.63) is 76.4 Å². The number of ether oxygens (including phenoxy) is 1. The normalized spacial score (nSPS) is 11.9. The molecule has 1 atom stereocenters. The fourth-order valence-electron chi connectivity index (χ4n) is 2.30. The molecule has 0 aliphatic rings. The monoisotopic (exact) mass is 383 g/mol. The second-order valence-electron chi connectivity index (χ2n) is 5.31. The maximum atomic E-state index is 12.3. The first-order valence-electron chi connectivity index (χ1n) is 7.41. The van der Waals surface area contributed by atoms with Crippen molar-refractivity contribution in [2.24, 2.45) is 0 Å². The van der Waals surface area contributed by atoms with Crippen LogP contribution in [0.4, 0.5) is 0 Å². The van der Waals surface area contributed by atoms with Gasteiger partial charge in [-0.1, -0.05) is 52.3 Å². The standard InChI is InChI=1S/C19H14BrNO3/c1-12(18(22)14-6-9-15(20)10-7-14)24-19(23)17-11-8-13-4-2-3-5-16(13)21-17/h2-12H,1H3/t12-/m1/s1. The van der Waals surface area contributed by atoms with Crippen LogP contribution < -0.4 is 0 Å². The summed E-state index contributed by atoms with van der Waals surface area (Å²) in [5, 5.41) is 0.938. The molecule has 0 amide bonds. The Labute approximate surface area is 147 Å². The summed E-state index contributed by atoms with van der Waals surface area (Å²) in [6.45, 7) is 1.56. The number of halogens is 1. The lowest BCUT2D eigenvalue weighted by atomic mass is 10.1. The van der Waals surface area contributed by atoms with Gasteiger partial charge in [0.05, 0.1) is 5.52 Å². The fraction of sp³-hybridized carbons (Fsp3) is 0.105. The van der Waals surface area contributed by atoms with Crippen molar-refractivity contribution in [1.82, 2.24) is 4.98 Å². The van der Waals surface area contributed by atoms with Gasteiger partial charge < -0.3 is 4.74 Å². The van der Waals surface area contributed by atoms with E-state index in [2.05, 4.69) is 20.9 Å². The molecule has 0 radical (unpaired) electrons. The predicted octanol–water partition coefficient (Wildman–Crippen LogP) is 4.43. The summed E-state index contributed by atoms with van der Waals surface area (Å²) in [6, 6.07) is 17.8. The molecule has 0 aliphatic heterocycles. The Balaban J connectivity index is 1.75. The van der Waals surface area contributed by atoms with Gasteiger partial charge in [0.25, 0.3) is 0 Å². The molecule has 0 N–H and O–H groups in total. The van der Waals surface area contributed by atoms with Gasteiger partial charge in [0.2, 0.25) is 5.78 Å². The maximum Gasteiger partial charge on any atom is 0.357 e. The van der Waals surface area contributed by atoms with Gasteiger partial charge in [-0.05, 0) is 31.2 Å². The molecule has 3 rings (SSSR count). The third-order valence-electron chi connectivity index (χ3n) is 3.59. The number of nitrogens with zero attached hydrogens (tertiary/aromatic N) is 1. The van der Waals surface area contributed by atoms with Gasteiger partial charge in [0.1, 0.15) is 5.69 Å². The van der Waals surface area contributed by atoms with Crippen LogP contribution in [0.1, 0.15) is 27.8 Å². The quantitative estimate of drug-likeness (QED) is 0.494. The van der Waals surface area contributed by atoms with E-state index in [1.54, 1.807) is 43.3 Å². The van der Waals surface area contributed by atoms with Gasteiger partial charge in [-0.2, -0.15) is 0 Å². The molecule has 2 aromatic carbocycles. The number of ketones is 1. The Kier molecular flexibility index (Phi) is 4.71. The van der Waals surface area contributed by atoms with Crippen LogP contribution in [0.15, 0.2) is 65.1 Å². The average molecular weight is 384 g/mol. The van der Waals surface area contributed by atoms with Gasteiger partial charge in [-0.25, -0.2) is 9.78 Å². The van der Waals surface area contributed by atoms with Crippen molar-refractivity contribution in [2.75, 3.05) is 0 Å². The summed E-state index contributed by atoms with van der Waals surface area (Å²) in [6.07, 6.45) is -0.882. The molecule has 0 saturated carbocycles. The highest BCUT2D eigenvalue weighted by Gasteiger charge is 2.21. The molecule has 1 aromatic heterocycles. The third-order valence-corrected chi connectivity index (χ3v) is 4.12. The number of carbonyl (C=O) groups excluding carboxylic acids is 2. The molecule has 120 valence electrons. The Bertz CT molecular complexity index is 906. The number of rotatable bonds is 4. The van der Waals surface area contributed by atoms with Gasteiger partial charge in [0, 0.05) is 15.4 Å². The zero-order valence-electron chi connectivity index (χ0n) is 12.9. The number of carbonyl (C=O) groups is 2. The number of Topliss-reactive ketones (excluding diaryl/α,β-unsaturated/α-hetero) is 1. The van der Waals surface area contributed by atoms with E-state index in [0.29, 0.717) is 11.1 Å². The molecule has 0 saturated heterocycles. The minimum atomic E-state index is -0.882. The zero-order chi connectivity index (χ0) is 17.1. The van der Waals surface area contributed by atoms with E-state index in [4.69, 9.17) is 4.74 Å². The van der Waals surface area contributed by atoms with Gasteiger partial charge in [-0.15, -0.1) is 0 Å². The van der Waals surface area contributed by atoms with E-state index in [1.165, 1.54) is 0 Å². The smallest absolute Gasteiger partial charge is 0.357 e. The van der Waals surface area contributed by atoms with E-state index in [0.717, 1.165) is 9.86 Å². The van der Waals surface area contributed by atoms with Crippen LogP contribution >= 0.6 is 15.9 Å². The molecular formula is C19H14BrNO3. The Morgan fingerprint density at radius 1 is 1.00 bits per heavy atom. The van der Waals surface area contributed by atoms with Crippen molar-refractivity contribution >= 4 is 38.6 Å². The second-order valence-corrected chi connectivity index (χ2v) is 6.22. The highest BCUT2D eigenvalue weighted by molar-refractivity contribution is 9.10. The maximum absolute atomic E-state index is 12.3. The lowest BCUT2D eigenvalue weighted by molar-refractivity contribution is 0.0313. The number of aromatic nitrogens is 1. The van der Waals surface area contributed by atoms with Crippen molar-refractivity contribution in [1.29, 1.82) is 0 Å². The van der Waals surface area contributed by atoms with E-state index in [9.17, 15) is 9.59 Å². The van der Waals surface area contributed by atoms with Crippen LogP contribution in [0.3, 0.4) is 0 Å². The summed E-state index contributed by atoms with van der Waals surface area (Å²) in [5.41, 5.74) is 1.38. The van der Waals surface area contributed by atoms with Gasteiger partial charge >= 0.3 is 5.97 Å². The largest absolute Gasteiger partial charge is 0.450 e. The molecule has 0 aliphatic carbocycles. The van der Waals surface area contributed by atoms with Crippen LogP contribution in [0.5, 0.6) is 0 Å². The van der Waals surface area contributed by atoms with E-state index in [1.807, 2.05) is 24.3 Å². The van der Waals surface area contributed by atoms with Crippen LogP contribution in [-0.4, -0.2) is 22.8 Å². The first-order chi connectivity index (χ1) is 11.5. The fourth-order valence-corrected chi connectivity index (χ4v) is 2.57. The van der Waals surface area contributed by atoms with Crippen LogP contribution in [-0.2, 0) is 4.74 Å². The van der Waals surface area contributed by atoms with Crippen molar-refractivity contribution in [2.45, 2.75) is 13.0 Å². The molecule has 3 aromatic rings. The number of fused-ring (bicyclic) bond motifs is 1. The molecule has 0 fully saturated rings. The van der Waals surface area contributed by atoms with Crippen LogP contribution in [0.25, 0.3) is 10.9 Å². The molecule has 0 spiro atoms. The molecule has 0 bridgehead atoms. The average Bonchev–Trinajstić information content (AvgIpc) is 2.61. The topological polar surface area (TPSA) is 56.3 Å². The summed E-state index contributed by atoms with van der Waals surface area (Å²) < 4.78 is 6.15. The Morgan fingerprint density at radius 3 is 2.46 bits per heavy atom. The predicted molar refractivity (Wildman–Crippen MR) is 95.1 cm³/mol. The molecule has 4 nitrogen and oxygen atoms in total. The highest BCUT2D eigenvalue weighted by atomic mass is 79.9. The summed E-state index contributed by atoms with van der Waals surface area (Å²) >= 11 is 3.32. The highest BCUT2D eigenvalue weighted by Crippen LogP contribution is 2.15. The van der Waals surface area contributed by atoms with E-state index < -0.39 is 12.1 Å². The van der Waals surface area contributed by atoms with Crippen LogP contribution in [0.2, 0.25) is 0 Å². The second kappa shape index (κ2) is 6.93. The lowest BCUT2D eigenvalue weighted by Crippen LogP contribution is -2.24. The number of pyridine rings is 1. The van der Waals surface area contributed by atoms with Gasteiger partial charge in [0.15, 0.2) is 6.10 Å². The molecule has 1 heterocycles. The minimum Gasteiger partial charge on any atom is -0.450 e. The number of esters is 1. The van der Waals surface area contributed by atoms with Crippen LogP contribution in [0, 0.1) is 0 Å². The lowest BCUT2D eigenvalue weighted by Gasteiger charge is -2.12. The first kappa shape index (κ1) is 16.3. The molecule has 5 heteroatoms. The number of para-hydroxylation sites is 1. The first-order valence-corrected chi connectivity index (χ1v) is 8.20. The molecule has 24 heavy (non-hydrogen) atoms. The van der Waals surface area contributed by atoms with E-state index in [-0.39, 0.29) is 11.5 Å². The zero-order valence-corrected chi connectivity index (χ0v) is 14.5.